The summed E-state index contributed by atoms with van der Waals surface area (Å²) in [4.78, 5) is 2.42. The molecule has 1 aromatic heterocycles. The van der Waals surface area contributed by atoms with Crippen LogP contribution in [0, 0.1) is 0 Å². The Bertz CT molecular complexity index is 3150. The van der Waals surface area contributed by atoms with Gasteiger partial charge in [-0.3, -0.25) is 0 Å². The average Bonchev–Trinajstić information content (AvgIpc) is 3.76. The van der Waals surface area contributed by atoms with Crippen LogP contribution >= 0.6 is 0 Å². The van der Waals surface area contributed by atoms with E-state index in [-0.39, 0.29) is 5.41 Å². The average molecular weight is 730 g/mol. The fourth-order valence-corrected chi connectivity index (χ4v) is 9.16. The molecule has 0 aliphatic heterocycles. The van der Waals surface area contributed by atoms with Gasteiger partial charge in [-0.25, -0.2) is 0 Å². The van der Waals surface area contributed by atoms with E-state index >= 15 is 0 Å². The minimum atomic E-state index is -0.121. The van der Waals surface area contributed by atoms with Crippen molar-refractivity contribution in [1.82, 2.24) is 0 Å². The highest BCUT2D eigenvalue weighted by molar-refractivity contribution is 6.11. The van der Waals surface area contributed by atoms with Gasteiger partial charge in [0.25, 0.3) is 0 Å². The maximum absolute atomic E-state index is 6.66. The number of para-hydroxylation sites is 2. The van der Waals surface area contributed by atoms with E-state index in [1.165, 1.54) is 55.3 Å². The SMILES string of the molecule is CC1(C)c2ccccc2-c2ccc(N(c3ccc(-c4cc(-c5ccc6ccccc6c5)cc5c4oc4ccccc45)cc3)c3ccccc3-c3ccccc3)cc21. The fourth-order valence-electron chi connectivity index (χ4n) is 9.16. The molecule has 0 N–H and O–H groups in total. The number of fused-ring (bicyclic) bond motifs is 7. The number of rotatable bonds is 6. The molecule has 1 aliphatic rings. The lowest BCUT2D eigenvalue weighted by Crippen LogP contribution is -2.16. The predicted molar refractivity (Wildman–Crippen MR) is 240 cm³/mol. The summed E-state index contributed by atoms with van der Waals surface area (Å²) in [5, 5.41) is 4.71. The van der Waals surface area contributed by atoms with Gasteiger partial charge in [-0.05, 0) is 110 Å². The monoisotopic (exact) mass is 729 g/mol. The van der Waals surface area contributed by atoms with Gasteiger partial charge in [0.15, 0.2) is 0 Å². The summed E-state index contributed by atoms with van der Waals surface area (Å²) >= 11 is 0. The first kappa shape index (κ1) is 33.2. The molecule has 10 aromatic rings. The molecule has 0 spiro atoms. The van der Waals surface area contributed by atoms with Crippen LogP contribution in [0.15, 0.2) is 205 Å². The maximum atomic E-state index is 6.66. The van der Waals surface area contributed by atoms with Crippen LogP contribution in [0.3, 0.4) is 0 Å². The summed E-state index contributed by atoms with van der Waals surface area (Å²) in [6.45, 7) is 4.70. The zero-order chi connectivity index (χ0) is 38.1. The number of hydrogen-bond acceptors (Lipinski definition) is 2. The minimum absolute atomic E-state index is 0.121. The Balaban J connectivity index is 1.09. The van der Waals surface area contributed by atoms with Crippen LogP contribution in [-0.4, -0.2) is 0 Å². The Labute approximate surface area is 332 Å². The third kappa shape index (κ3) is 5.40. The highest BCUT2D eigenvalue weighted by Gasteiger charge is 2.36. The molecule has 0 fully saturated rings. The normalized spacial score (nSPS) is 12.9. The van der Waals surface area contributed by atoms with Gasteiger partial charge in [-0.15, -0.1) is 0 Å². The van der Waals surface area contributed by atoms with Crippen LogP contribution in [-0.2, 0) is 5.41 Å². The number of hydrogen-bond donors (Lipinski definition) is 0. The van der Waals surface area contributed by atoms with Crippen molar-refractivity contribution < 1.29 is 4.42 Å². The molecule has 11 rings (SSSR count). The summed E-state index contributed by atoms with van der Waals surface area (Å²) < 4.78 is 6.66. The molecular weight excluding hydrogens is 691 g/mol. The van der Waals surface area contributed by atoms with Crippen molar-refractivity contribution in [2.75, 3.05) is 4.90 Å². The van der Waals surface area contributed by atoms with Crippen LogP contribution in [0.5, 0.6) is 0 Å². The number of benzene rings is 9. The summed E-state index contributed by atoms with van der Waals surface area (Å²) in [6, 6.07) is 72.7. The summed E-state index contributed by atoms with van der Waals surface area (Å²) in [5.41, 5.74) is 17.3. The lowest BCUT2D eigenvalue weighted by atomic mass is 9.82. The van der Waals surface area contributed by atoms with E-state index < -0.39 is 0 Å². The molecule has 0 saturated heterocycles. The molecule has 0 unspecified atom stereocenters. The van der Waals surface area contributed by atoms with Crippen LogP contribution < -0.4 is 4.90 Å². The first-order chi connectivity index (χ1) is 28.0. The topological polar surface area (TPSA) is 16.4 Å². The fraction of sp³-hybridized carbons (Fsp3) is 0.0545. The molecule has 57 heavy (non-hydrogen) atoms. The molecule has 1 aliphatic carbocycles. The Kier molecular flexibility index (Phi) is 7.55. The van der Waals surface area contributed by atoms with Gasteiger partial charge in [0.1, 0.15) is 11.2 Å². The van der Waals surface area contributed by atoms with Gasteiger partial charge < -0.3 is 9.32 Å². The molecule has 0 saturated carbocycles. The van der Waals surface area contributed by atoms with Crippen LogP contribution in [0.25, 0.3) is 77.2 Å². The van der Waals surface area contributed by atoms with Crippen molar-refractivity contribution in [1.29, 1.82) is 0 Å². The molecule has 0 radical (unpaired) electrons. The Morgan fingerprint density at radius 2 is 1.04 bits per heavy atom. The van der Waals surface area contributed by atoms with Gasteiger partial charge in [0.05, 0.1) is 5.69 Å². The Morgan fingerprint density at radius 1 is 0.386 bits per heavy atom. The second-order valence-corrected chi connectivity index (χ2v) is 15.7. The zero-order valence-corrected chi connectivity index (χ0v) is 31.9. The summed E-state index contributed by atoms with van der Waals surface area (Å²) in [5.74, 6) is 0. The summed E-state index contributed by atoms with van der Waals surface area (Å²) in [6.07, 6.45) is 0. The second-order valence-electron chi connectivity index (χ2n) is 15.7. The third-order valence-electron chi connectivity index (χ3n) is 12.1. The molecular formula is C55H39NO. The number of anilines is 3. The largest absolute Gasteiger partial charge is 0.455 e. The lowest BCUT2D eigenvalue weighted by Gasteiger charge is -2.30. The first-order valence-corrected chi connectivity index (χ1v) is 19.8. The quantitative estimate of drug-likeness (QED) is 0.169. The minimum Gasteiger partial charge on any atom is -0.455 e. The van der Waals surface area contributed by atoms with Gasteiger partial charge in [0, 0.05) is 38.7 Å². The zero-order valence-electron chi connectivity index (χ0n) is 31.9. The van der Waals surface area contributed by atoms with Gasteiger partial charge in [0.2, 0.25) is 0 Å². The number of furan rings is 1. The van der Waals surface area contributed by atoms with Gasteiger partial charge >= 0.3 is 0 Å². The van der Waals surface area contributed by atoms with Crippen LogP contribution in [0.2, 0.25) is 0 Å². The molecule has 270 valence electrons. The maximum Gasteiger partial charge on any atom is 0.143 e. The third-order valence-corrected chi connectivity index (χ3v) is 12.1. The van der Waals surface area contributed by atoms with Crippen molar-refractivity contribution in [3.8, 4) is 44.5 Å². The van der Waals surface area contributed by atoms with E-state index in [9.17, 15) is 0 Å². The first-order valence-electron chi connectivity index (χ1n) is 19.8. The molecule has 0 amide bonds. The molecule has 0 bridgehead atoms. The van der Waals surface area contributed by atoms with E-state index in [2.05, 4.69) is 213 Å². The molecule has 0 atom stereocenters. The number of nitrogens with zero attached hydrogens (tertiary/aromatic N) is 1. The van der Waals surface area contributed by atoms with Crippen molar-refractivity contribution in [2.24, 2.45) is 0 Å². The predicted octanol–water partition coefficient (Wildman–Crippen LogP) is 15.5. The standard InChI is InChI=1S/C55H39NO/c1-55(2)50-21-11-8-19-45(50)46-31-30-43(35-51(46)55)56(52-22-12-9-18-44(52)37-15-4-3-5-16-37)42-28-26-38(27-29-42)48-33-41(40-25-24-36-14-6-7-17-39(36)32-40)34-49-47-20-10-13-23-53(47)57-54(48)49/h3-35H,1-2H3. The smallest absolute Gasteiger partial charge is 0.143 e. The van der Waals surface area contributed by atoms with Crippen molar-refractivity contribution in [3.05, 3.63) is 211 Å². The lowest BCUT2D eigenvalue weighted by molar-refractivity contribution is 0.660. The van der Waals surface area contributed by atoms with Crippen LogP contribution in [0.4, 0.5) is 17.1 Å². The second kappa shape index (κ2) is 13.0. The molecule has 1 heterocycles. The van der Waals surface area contributed by atoms with Gasteiger partial charge in [-0.2, -0.15) is 0 Å². The van der Waals surface area contributed by atoms with E-state index in [1.54, 1.807) is 0 Å². The van der Waals surface area contributed by atoms with E-state index in [1.807, 2.05) is 6.07 Å². The molecule has 2 heteroatoms. The molecule has 9 aromatic carbocycles. The van der Waals surface area contributed by atoms with Crippen molar-refractivity contribution >= 4 is 49.8 Å². The van der Waals surface area contributed by atoms with E-state index in [4.69, 9.17) is 4.42 Å². The highest BCUT2D eigenvalue weighted by atomic mass is 16.3. The van der Waals surface area contributed by atoms with E-state index in [0.29, 0.717) is 0 Å². The Hall–Kier alpha value is -7.16. The van der Waals surface area contributed by atoms with Gasteiger partial charge in [-0.1, -0.05) is 159 Å². The highest BCUT2D eigenvalue weighted by Crippen LogP contribution is 2.51. The van der Waals surface area contributed by atoms with Crippen molar-refractivity contribution in [2.45, 2.75) is 19.3 Å². The van der Waals surface area contributed by atoms with Crippen molar-refractivity contribution in [3.63, 3.8) is 0 Å². The summed E-state index contributed by atoms with van der Waals surface area (Å²) in [7, 11) is 0. The molecule has 2 nitrogen and oxygen atoms in total. The van der Waals surface area contributed by atoms with Crippen LogP contribution in [0.1, 0.15) is 25.0 Å². The Morgan fingerprint density at radius 3 is 1.89 bits per heavy atom. The van der Waals surface area contributed by atoms with E-state index in [0.717, 1.165) is 50.1 Å².